The molecular formula is C13H13NO5. The van der Waals surface area contributed by atoms with Crippen LogP contribution in [0.5, 0.6) is 11.5 Å². The Bertz CT molecular complexity index is 568. The maximum atomic E-state index is 11.9. The van der Waals surface area contributed by atoms with Crippen LogP contribution >= 0.6 is 0 Å². The van der Waals surface area contributed by atoms with E-state index in [2.05, 4.69) is 5.32 Å². The van der Waals surface area contributed by atoms with Gasteiger partial charge >= 0.3 is 5.97 Å². The molecule has 2 N–H and O–H groups in total. The average molecular weight is 263 g/mol. The first-order valence-electron chi connectivity index (χ1n) is 6.00. The van der Waals surface area contributed by atoms with Crippen LogP contribution in [0.25, 0.3) is 0 Å². The number of amides is 1. The molecule has 1 amide bonds. The number of hydrogen-bond acceptors (Lipinski definition) is 4. The molecule has 0 unspecified atom stereocenters. The van der Waals surface area contributed by atoms with Gasteiger partial charge in [0.2, 0.25) is 12.7 Å². The highest BCUT2D eigenvalue weighted by atomic mass is 16.7. The second-order valence-electron chi connectivity index (χ2n) is 4.80. The van der Waals surface area contributed by atoms with Crippen molar-refractivity contribution in [3.05, 3.63) is 17.7 Å². The fourth-order valence-corrected chi connectivity index (χ4v) is 2.16. The van der Waals surface area contributed by atoms with Crippen molar-refractivity contribution in [2.45, 2.75) is 13.3 Å². The number of ether oxygens (including phenoxy) is 2. The van der Waals surface area contributed by atoms with Gasteiger partial charge in [0.25, 0.3) is 0 Å². The number of carboxylic acid groups (broad SMARTS) is 1. The van der Waals surface area contributed by atoms with Crippen molar-refractivity contribution in [1.29, 1.82) is 0 Å². The largest absolute Gasteiger partial charge is 0.481 e. The zero-order valence-corrected chi connectivity index (χ0v) is 10.3. The van der Waals surface area contributed by atoms with Gasteiger partial charge in [0, 0.05) is 11.8 Å². The summed E-state index contributed by atoms with van der Waals surface area (Å²) in [4.78, 5) is 22.6. The zero-order chi connectivity index (χ0) is 13.6. The molecule has 1 saturated carbocycles. The molecule has 1 aromatic rings. The van der Waals surface area contributed by atoms with Crippen LogP contribution in [0.4, 0.5) is 5.69 Å². The third-order valence-electron chi connectivity index (χ3n) is 3.42. The van der Waals surface area contributed by atoms with Crippen molar-refractivity contribution in [2.75, 3.05) is 12.1 Å². The summed E-state index contributed by atoms with van der Waals surface area (Å²) in [6.45, 7) is 2.02. The number of anilines is 1. The molecule has 0 bridgehead atoms. The maximum Gasteiger partial charge on any atom is 0.307 e. The normalized spacial score (nSPS) is 23.0. The highest BCUT2D eigenvalue weighted by molar-refractivity contribution is 5.98. The fourth-order valence-electron chi connectivity index (χ4n) is 2.16. The summed E-state index contributed by atoms with van der Waals surface area (Å²) < 4.78 is 10.5. The molecular weight excluding hydrogens is 250 g/mol. The van der Waals surface area contributed by atoms with Gasteiger partial charge in [-0.15, -0.1) is 0 Å². The van der Waals surface area contributed by atoms with Crippen molar-refractivity contribution < 1.29 is 24.2 Å². The molecule has 1 heterocycles. The van der Waals surface area contributed by atoms with E-state index in [0.717, 1.165) is 5.56 Å². The number of nitrogens with one attached hydrogen (secondary N) is 1. The predicted octanol–water partition coefficient (Wildman–Crippen LogP) is 1.38. The SMILES string of the molecule is Cc1cc2c(cc1NC(=O)[C@H]1C[C@H]1C(=O)O)OCO2. The molecule has 3 rings (SSSR count). The highest BCUT2D eigenvalue weighted by Crippen LogP contribution is 2.41. The van der Waals surface area contributed by atoms with Gasteiger partial charge in [0.15, 0.2) is 11.5 Å². The van der Waals surface area contributed by atoms with Crippen molar-refractivity contribution in [1.82, 2.24) is 0 Å². The Morgan fingerprint density at radius 2 is 1.95 bits per heavy atom. The van der Waals surface area contributed by atoms with Crippen LogP contribution in [0.2, 0.25) is 0 Å². The minimum atomic E-state index is -0.914. The Balaban J connectivity index is 1.74. The summed E-state index contributed by atoms with van der Waals surface area (Å²) in [6, 6.07) is 3.49. The van der Waals surface area contributed by atoms with Crippen LogP contribution in [0, 0.1) is 18.8 Å². The van der Waals surface area contributed by atoms with Gasteiger partial charge in [-0.2, -0.15) is 0 Å². The number of benzene rings is 1. The van der Waals surface area contributed by atoms with Crippen molar-refractivity contribution >= 4 is 17.6 Å². The first kappa shape index (κ1) is 11.8. The molecule has 2 aliphatic rings. The molecule has 100 valence electrons. The van der Waals surface area contributed by atoms with Crippen LogP contribution < -0.4 is 14.8 Å². The molecule has 1 aromatic carbocycles. The number of aliphatic carboxylic acids is 1. The van der Waals surface area contributed by atoms with E-state index in [4.69, 9.17) is 14.6 Å². The Morgan fingerprint density at radius 1 is 1.26 bits per heavy atom. The van der Waals surface area contributed by atoms with E-state index >= 15 is 0 Å². The van der Waals surface area contributed by atoms with Gasteiger partial charge in [-0.3, -0.25) is 9.59 Å². The monoisotopic (exact) mass is 263 g/mol. The van der Waals surface area contributed by atoms with E-state index in [1.807, 2.05) is 6.92 Å². The standard InChI is InChI=1S/C13H13NO5/c1-6-2-10-11(19-5-18-10)4-9(6)14-12(15)7-3-8(7)13(16)17/h2,4,7-8H,3,5H2,1H3,(H,14,15)(H,16,17)/t7-,8+/m0/s1. The molecule has 0 radical (unpaired) electrons. The number of hydrogen-bond donors (Lipinski definition) is 2. The Labute approximate surface area is 109 Å². The number of carbonyl (C=O) groups is 2. The van der Waals surface area contributed by atoms with Gasteiger partial charge in [-0.05, 0) is 25.0 Å². The second-order valence-corrected chi connectivity index (χ2v) is 4.80. The van der Waals surface area contributed by atoms with Gasteiger partial charge in [-0.25, -0.2) is 0 Å². The smallest absolute Gasteiger partial charge is 0.307 e. The quantitative estimate of drug-likeness (QED) is 0.860. The molecule has 1 aliphatic heterocycles. The summed E-state index contributed by atoms with van der Waals surface area (Å²) >= 11 is 0. The Morgan fingerprint density at radius 3 is 2.58 bits per heavy atom. The zero-order valence-electron chi connectivity index (χ0n) is 10.3. The van der Waals surface area contributed by atoms with Crippen LogP contribution in [0.1, 0.15) is 12.0 Å². The van der Waals surface area contributed by atoms with Gasteiger partial charge in [-0.1, -0.05) is 0 Å². The van der Waals surface area contributed by atoms with E-state index in [1.54, 1.807) is 12.1 Å². The first-order valence-corrected chi connectivity index (χ1v) is 6.00. The lowest BCUT2D eigenvalue weighted by Gasteiger charge is -2.09. The number of rotatable bonds is 3. The molecule has 0 aromatic heterocycles. The van der Waals surface area contributed by atoms with E-state index in [-0.39, 0.29) is 12.7 Å². The van der Waals surface area contributed by atoms with E-state index < -0.39 is 17.8 Å². The first-order chi connectivity index (χ1) is 9.06. The lowest BCUT2D eigenvalue weighted by atomic mass is 10.1. The number of fused-ring (bicyclic) bond motifs is 1. The van der Waals surface area contributed by atoms with Crippen LogP contribution in [0.3, 0.4) is 0 Å². The minimum Gasteiger partial charge on any atom is -0.481 e. The number of aryl methyl sites for hydroxylation is 1. The van der Waals surface area contributed by atoms with Crippen molar-refractivity contribution in [3.63, 3.8) is 0 Å². The lowest BCUT2D eigenvalue weighted by molar-refractivity contribution is -0.139. The molecule has 0 spiro atoms. The molecule has 1 aliphatic carbocycles. The Hall–Kier alpha value is -2.24. The molecule has 1 fully saturated rings. The Kier molecular flexibility index (Phi) is 2.58. The molecule has 6 nitrogen and oxygen atoms in total. The summed E-state index contributed by atoms with van der Waals surface area (Å²) in [5.74, 6) is -0.898. The van der Waals surface area contributed by atoms with Crippen LogP contribution in [-0.4, -0.2) is 23.8 Å². The van der Waals surface area contributed by atoms with Gasteiger partial charge in [0.05, 0.1) is 11.8 Å². The van der Waals surface area contributed by atoms with Crippen molar-refractivity contribution in [2.24, 2.45) is 11.8 Å². The molecule has 19 heavy (non-hydrogen) atoms. The molecule has 2 atom stereocenters. The topological polar surface area (TPSA) is 84.9 Å². The maximum absolute atomic E-state index is 11.9. The van der Waals surface area contributed by atoms with E-state index in [0.29, 0.717) is 23.6 Å². The third kappa shape index (κ3) is 2.09. The third-order valence-corrected chi connectivity index (χ3v) is 3.42. The number of carboxylic acids is 1. The summed E-state index contributed by atoms with van der Waals surface area (Å²) in [6.07, 6.45) is 0.408. The van der Waals surface area contributed by atoms with Crippen LogP contribution in [-0.2, 0) is 9.59 Å². The highest BCUT2D eigenvalue weighted by Gasteiger charge is 2.48. The molecule has 0 saturated heterocycles. The minimum absolute atomic E-state index is 0.176. The van der Waals surface area contributed by atoms with E-state index in [1.165, 1.54) is 0 Å². The van der Waals surface area contributed by atoms with E-state index in [9.17, 15) is 9.59 Å². The summed E-state index contributed by atoms with van der Waals surface area (Å²) in [5.41, 5.74) is 1.48. The second kappa shape index (κ2) is 4.15. The van der Waals surface area contributed by atoms with Gasteiger partial charge in [0.1, 0.15) is 0 Å². The summed E-state index contributed by atoms with van der Waals surface area (Å²) in [5, 5.41) is 11.6. The average Bonchev–Trinajstić information content (AvgIpc) is 3.05. The van der Waals surface area contributed by atoms with Crippen LogP contribution in [0.15, 0.2) is 12.1 Å². The van der Waals surface area contributed by atoms with Gasteiger partial charge < -0.3 is 19.9 Å². The molecule has 6 heteroatoms. The number of carbonyl (C=O) groups excluding carboxylic acids is 1. The van der Waals surface area contributed by atoms with Crippen molar-refractivity contribution in [3.8, 4) is 11.5 Å². The summed E-state index contributed by atoms with van der Waals surface area (Å²) in [7, 11) is 0. The fraction of sp³-hybridized carbons (Fsp3) is 0.385. The lowest BCUT2D eigenvalue weighted by Crippen LogP contribution is -2.17. The predicted molar refractivity (Wildman–Crippen MR) is 65.2 cm³/mol.